The van der Waals surface area contributed by atoms with Crippen molar-refractivity contribution >= 4 is 5.91 Å². The summed E-state index contributed by atoms with van der Waals surface area (Å²) in [5.41, 5.74) is 3.10. The zero-order valence-electron chi connectivity index (χ0n) is 20.2. The van der Waals surface area contributed by atoms with E-state index in [4.69, 9.17) is 9.47 Å². The third kappa shape index (κ3) is 4.68. The zero-order chi connectivity index (χ0) is 24.5. The molecule has 0 saturated carbocycles. The van der Waals surface area contributed by atoms with Crippen LogP contribution in [0.15, 0.2) is 48.8 Å². The second kappa shape index (κ2) is 9.91. The first-order valence-corrected chi connectivity index (χ1v) is 12.8. The van der Waals surface area contributed by atoms with E-state index in [9.17, 15) is 9.90 Å². The Bertz CT molecular complexity index is 1190. The van der Waals surface area contributed by atoms with Gasteiger partial charge >= 0.3 is 0 Å². The topological polar surface area (TPSA) is 104 Å². The molecule has 2 saturated heterocycles. The molecule has 2 unspecified atom stereocenters. The van der Waals surface area contributed by atoms with E-state index in [0.717, 1.165) is 55.9 Å². The number of aromatic nitrogens is 3. The van der Waals surface area contributed by atoms with Crippen LogP contribution >= 0.6 is 0 Å². The van der Waals surface area contributed by atoms with Crippen LogP contribution in [0.2, 0.25) is 0 Å². The molecule has 0 radical (unpaired) electrons. The number of nitrogens with one attached hydrogen (secondary N) is 1. The monoisotopic (exact) mass is 489 g/mol. The number of carbonyl (C=O) groups is 1. The van der Waals surface area contributed by atoms with Crippen molar-refractivity contribution in [2.45, 2.75) is 43.7 Å². The number of hydrogen-bond acceptors (Lipinski definition) is 7. The highest BCUT2D eigenvalue weighted by Gasteiger charge is 2.36. The second-order valence-electron chi connectivity index (χ2n) is 9.86. The molecule has 36 heavy (non-hydrogen) atoms. The van der Waals surface area contributed by atoms with Gasteiger partial charge in [-0.05, 0) is 50.4 Å². The van der Waals surface area contributed by atoms with E-state index < -0.39 is 6.10 Å². The van der Waals surface area contributed by atoms with Crippen LogP contribution in [-0.2, 0) is 4.79 Å². The predicted molar refractivity (Wildman–Crippen MR) is 133 cm³/mol. The summed E-state index contributed by atoms with van der Waals surface area (Å²) >= 11 is 0. The number of aliphatic hydroxyl groups is 1. The van der Waals surface area contributed by atoms with E-state index in [1.54, 1.807) is 12.4 Å². The molecule has 2 N–H and O–H groups in total. The van der Waals surface area contributed by atoms with Gasteiger partial charge in [0.05, 0.1) is 12.3 Å². The van der Waals surface area contributed by atoms with Crippen molar-refractivity contribution in [3.05, 3.63) is 54.4 Å². The Balaban J connectivity index is 1.00. The Hall–Kier alpha value is -3.43. The minimum Gasteiger partial charge on any atom is -0.493 e. The number of piperidine rings is 1. The molecule has 188 valence electrons. The molecule has 0 aliphatic carbocycles. The summed E-state index contributed by atoms with van der Waals surface area (Å²) in [7, 11) is 0. The van der Waals surface area contributed by atoms with Crippen LogP contribution in [-0.4, -0.2) is 80.9 Å². The molecule has 9 nitrogen and oxygen atoms in total. The van der Waals surface area contributed by atoms with Crippen molar-refractivity contribution in [1.82, 2.24) is 25.0 Å². The Morgan fingerprint density at radius 3 is 2.72 bits per heavy atom. The molecule has 0 spiro atoms. The minimum atomic E-state index is -0.791. The average molecular weight is 490 g/mol. The lowest BCUT2D eigenvalue weighted by Gasteiger charge is -2.37. The molecule has 9 heteroatoms. The van der Waals surface area contributed by atoms with E-state index in [1.165, 1.54) is 5.56 Å². The fourth-order valence-electron chi connectivity index (χ4n) is 5.54. The Morgan fingerprint density at radius 2 is 2.00 bits per heavy atom. The van der Waals surface area contributed by atoms with Crippen molar-refractivity contribution in [1.29, 1.82) is 0 Å². The molecule has 2 atom stereocenters. The third-order valence-corrected chi connectivity index (χ3v) is 7.64. The molecule has 0 bridgehead atoms. The number of likely N-dealkylation sites (tertiary alicyclic amines) is 2. The van der Waals surface area contributed by atoms with Crippen LogP contribution in [0, 0.1) is 0 Å². The van der Waals surface area contributed by atoms with Crippen molar-refractivity contribution in [3.8, 4) is 28.6 Å². The second-order valence-corrected chi connectivity index (χ2v) is 9.86. The molecule has 1 aromatic carbocycles. The molecule has 3 aliphatic heterocycles. The number of carbonyl (C=O) groups excluding carboxylic acids is 1. The van der Waals surface area contributed by atoms with E-state index in [-0.39, 0.29) is 11.9 Å². The number of hydrogen-bond donors (Lipinski definition) is 2. The number of aliphatic hydroxyl groups excluding tert-OH is 1. The van der Waals surface area contributed by atoms with Crippen LogP contribution in [0.5, 0.6) is 17.4 Å². The highest BCUT2D eigenvalue weighted by atomic mass is 16.5. The lowest BCUT2D eigenvalue weighted by Crippen LogP contribution is -2.46. The highest BCUT2D eigenvalue weighted by Crippen LogP contribution is 2.39. The molecule has 2 aromatic heterocycles. The van der Waals surface area contributed by atoms with Gasteiger partial charge in [0.25, 0.3) is 5.91 Å². The first-order chi connectivity index (χ1) is 17.6. The Kier molecular flexibility index (Phi) is 6.33. The van der Waals surface area contributed by atoms with E-state index in [1.807, 2.05) is 35.2 Å². The van der Waals surface area contributed by atoms with Crippen molar-refractivity contribution in [3.63, 3.8) is 0 Å². The smallest absolute Gasteiger partial charge is 0.251 e. The van der Waals surface area contributed by atoms with Crippen LogP contribution in [0.3, 0.4) is 0 Å². The molecule has 2 fully saturated rings. The van der Waals surface area contributed by atoms with Gasteiger partial charge in [0.2, 0.25) is 5.88 Å². The van der Waals surface area contributed by atoms with Gasteiger partial charge < -0.3 is 24.4 Å². The van der Waals surface area contributed by atoms with E-state index >= 15 is 0 Å². The summed E-state index contributed by atoms with van der Waals surface area (Å²) in [6.07, 6.45) is 6.25. The lowest BCUT2D eigenvalue weighted by molar-refractivity contribution is -0.137. The Morgan fingerprint density at radius 1 is 1.11 bits per heavy atom. The Labute approximate surface area is 210 Å². The number of pyridine rings is 1. The van der Waals surface area contributed by atoms with Gasteiger partial charge in [-0.25, -0.2) is 4.98 Å². The minimum absolute atomic E-state index is 0.0848. The van der Waals surface area contributed by atoms with Crippen LogP contribution < -0.4 is 9.47 Å². The maximum atomic E-state index is 12.1. The van der Waals surface area contributed by atoms with E-state index in [2.05, 4.69) is 26.1 Å². The first-order valence-electron chi connectivity index (χ1n) is 12.8. The fourth-order valence-corrected chi connectivity index (χ4v) is 5.54. The van der Waals surface area contributed by atoms with Crippen molar-refractivity contribution in [2.24, 2.45) is 0 Å². The van der Waals surface area contributed by atoms with Gasteiger partial charge in [-0.3, -0.25) is 9.89 Å². The number of fused-ring (bicyclic) bond motifs is 1. The van der Waals surface area contributed by atoms with Crippen LogP contribution in [0.4, 0.5) is 0 Å². The maximum absolute atomic E-state index is 12.1. The highest BCUT2D eigenvalue weighted by molar-refractivity contribution is 5.83. The van der Waals surface area contributed by atoms with Gasteiger partial charge in [-0.2, -0.15) is 5.10 Å². The molecule has 1 amide bonds. The summed E-state index contributed by atoms with van der Waals surface area (Å²) in [5, 5.41) is 16.6. The summed E-state index contributed by atoms with van der Waals surface area (Å²) in [6.45, 7) is 4.38. The summed E-state index contributed by atoms with van der Waals surface area (Å²) in [6, 6.07) is 12.0. The van der Waals surface area contributed by atoms with Crippen molar-refractivity contribution < 1.29 is 19.4 Å². The first kappa shape index (κ1) is 23.0. The van der Waals surface area contributed by atoms with Crippen LogP contribution in [0.1, 0.15) is 37.2 Å². The largest absolute Gasteiger partial charge is 0.493 e. The standard InChI is InChI=1S/C27H31N5O4/c33-24-9-14-32(27(24)34)20-7-12-31(13-8-20)11-6-19-17-35-25-15-21(2-3-22(19)25)36-26-4-1-18(16-28-26)23-5-10-29-30-23/h1-5,10,15-16,19-20,24,33H,6-9,11-14,17H2,(H,29,30). The zero-order valence-corrected chi connectivity index (χ0v) is 20.2. The number of aromatic amines is 1. The fraction of sp³-hybridized carbons (Fsp3) is 0.444. The van der Waals surface area contributed by atoms with Crippen LogP contribution in [0.25, 0.3) is 11.3 Å². The van der Waals surface area contributed by atoms with Crippen molar-refractivity contribution in [2.75, 3.05) is 32.8 Å². The van der Waals surface area contributed by atoms with Gasteiger partial charge in [0, 0.05) is 67.2 Å². The molecular weight excluding hydrogens is 458 g/mol. The third-order valence-electron chi connectivity index (χ3n) is 7.64. The molecular formula is C27H31N5O4. The van der Waals surface area contributed by atoms with E-state index in [0.29, 0.717) is 37.1 Å². The number of nitrogens with zero attached hydrogens (tertiary/aromatic N) is 4. The number of H-pyrrole nitrogens is 1. The lowest BCUT2D eigenvalue weighted by atomic mass is 9.96. The average Bonchev–Trinajstić information content (AvgIpc) is 3.65. The SMILES string of the molecule is O=C1C(O)CCN1C1CCN(CCC2COc3cc(Oc4ccc(-c5ccn[nH]5)cn4)ccc32)CC1. The number of rotatable bonds is 7. The molecule has 3 aliphatic rings. The quantitative estimate of drug-likeness (QED) is 0.525. The number of amides is 1. The summed E-state index contributed by atoms with van der Waals surface area (Å²) < 4.78 is 12.0. The molecule has 5 heterocycles. The summed E-state index contributed by atoms with van der Waals surface area (Å²) in [5.74, 6) is 2.41. The normalized spacial score (nSPS) is 22.6. The molecule has 3 aromatic rings. The maximum Gasteiger partial charge on any atom is 0.251 e. The van der Waals surface area contributed by atoms with Gasteiger partial charge in [-0.15, -0.1) is 0 Å². The summed E-state index contributed by atoms with van der Waals surface area (Å²) in [4.78, 5) is 20.9. The number of benzene rings is 1. The number of ether oxygens (including phenoxy) is 2. The predicted octanol–water partition coefficient (Wildman–Crippen LogP) is 3.19. The van der Waals surface area contributed by atoms with Gasteiger partial charge in [0.15, 0.2) is 0 Å². The van der Waals surface area contributed by atoms with Gasteiger partial charge in [-0.1, -0.05) is 6.07 Å². The molecule has 6 rings (SSSR count). The van der Waals surface area contributed by atoms with Gasteiger partial charge in [0.1, 0.15) is 17.6 Å².